The molecule has 1 fully saturated rings. The van der Waals surface area contributed by atoms with E-state index >= 15 is 0 Å². The van der Waals surface area contributed by atoms with Gasteiger partial charge < -0.3 is 14.9 Å². The maximum Gasteiger partial charge on any atom is 0.509 e. The van der Waals surface area contributed by atoms with Crippen LogP contribution in [0.5, 0.6) is 0 Å². The fourth-order valence-corrected chi connectivity index (χ4v) is 1.87. The van der Waals surface area contributed by atoms with Crippen molar-refractivity contribution in [3.63, 3.8) is 0 Å². The first-order chi connectivity index (χ1) is 7.66. The maximum atomic E-state index is 8.90. The van der Waals surface area contributed by atoms with Crippen molar-refractivity contribution >= 4 is 18.5 Å². The summed E-state index contributed by atoms with van der Waals surface area (Å²) in [5, 5.41) is 17.8. The zero-order chi connectivity index (χ0) is 11.5. The molecule has 1 saturated heterocycles. The van der Waals surface area contributed by atoms with Crippen LogP contribution in [0.3, 0.4) is 0 Å². The van der Waals surface area contributed by atoms with Crippen LogP contribution in [0.2, 0.25) is 0 Å². The molecule has 0 spiro atoms. The van der Waals surface area contributed by atoms with Gasteiger partial charge in [-0.25, -0.2) is 4.98 Å². The quantitative estimate of drug-likeness (QED) is 0.652. The normalized spacial score (nSPS) is 17.6. The van der Waals surface area contributed by atoms with E-state index in [0.717, 1.165) is 24.8 Å². The SMILES string of the molecule is CC1CCN(c2cnc(B(O)O)cn2)CC1. The Morgan fingerprint density at radius 2 is 1.94 bits per heavy atom. The van der Waals surface area contributed by atoms with Gasteiger partial charge in [-0.1, -0.05) is 6.92 Å². The van der Waals surface area contributed by atoms with Crippen molar-refractivity contribution < 1.29 is 10.0 Å². The summed E-state index contributed by atoms with van der Waals surface area (Å²) < 4.78 is 0. The summed E-state index contributed by atoms with van der Waals surface area (Å²) in [5.74, 6) is 1.60. The van der Waals surface area contributed by atoms with Crippen LogP contribution in [0.15, 0.2) is 12.4 Å². The molecule has 0 unspecified atom stereocenters. The van der Waals surface area contributed by atoms with Crippen LogP contribution in [0.1, 0.15) is 19.8 Å². The maximum absolute atomic E-state index is 8.90. The molecular weight excluding hydrogens is 205 g/mol. The van der Waals surface area contributed by atoms with Crippen molar-refractivity contribution in [3.8, 4) is 0 Å². The lowest BCUT2D eigenvalue weighted by Gasteiger charge is -2.30. The lowest BCUT2D eigenvalue weighted by atomic mass is 9.87. The van der Waals surface area contributed by atoms with Gasteiger partial charge in [0.1, 0.15) is 5.82 Å². The molecule has 0 aliphatic carbocycles. The summed E-state index contributed by atoms with van der Waals surface area (Å²) in [6.45, 7) is 4.25. The van der Waals surface area contributed by atoms with Gasteiger partial charge in [0.25, 0.3) is 0 Å². The average Bonchev–Trinajstić information content (AvgIpc) is 2.30. The molecule has 0 aromatic carbocycles. The van der Waals surface area contributed by atoms with E-state index in [-0.39, 0.29) is 5.59 Å². The van der Waals surface area contributed by atoms with Crippen LogP contribution in [0.25, 0.3) is 0 Å². The molecule has 0 atom stereocenters. The molecule has 6 heteroatoms. The third kappa shape index (κ3) is 2.51. The molecule has 2 heterocycles. The highest BCUT2D eigenvalue weighted by Crippen LogP contribution is 2.19. The molecule has 0 bridgehead atoms. The van der Waals surface area contributed by atoms with Gasteiger partial charge in [0.2, 0.25) is 0 Å². The van der Waals surface area contributed by atoms with Gasteiger partial charge in [-0.2, -0.15) is 0 Å². The van der Waals surface area contributed by atoms with Gasteiger partial charge in [0.05, 0.1) is 11.8 Å². The minimum Gasteiger partial charge on any atom is -0.422 e. The predicted octanol–water partition coefficient (Wildman–Crippen LogP) is -0.607. The number of nitrogens with zero attached hydrogens (tertiary/aromatic N) is 3. The van der Waals surface area contributed by atoms with Crippen LogP contribution in [0.4, 0.5) is 5.82 Å². The van der Waals surface area contributed by atoms with Crippen LogP contribution < -0.4 is 10.5 Å². The highest BCUT2D eigenvalue weighted by molar-refractivity contribution is 6.57. The van der Waals surface area contributed by atoms with E-state index in [2.05, 4.69) is 21.8 Å². The number of rotatable bonds is 2. The van der Waals surface area contributed by atoms with Gasteiger partial charge in [-0.15, -0.1) is 0 Å². The standard InChI is InChI=1S/C10H16BN3O2/c1-8-2-4-14(5-3-8)10-7-12-9(6-13-10)11(15)16/h6-8,15-16H,2-5H2,1H3. The fourth-order valence-electron chi connectivity index (χ4n) is 1.87. The molecule has 0 amide bonds. The van der Waals surface area contributed by atoms with Gasteiger partial charge in [-0.3, -0.25) is 4.98 Å². The van der Waals surface area contributed by atoms with Gasteiger partial charge in [0, 0.05) is 19.3 Å². The number of hydrogen-bond donors (Lipinski definition) is 2. The Kier molecular flexibility index (Phi) is 3.41. The first kappa shape index (κ1) is 11.4. The molecule has 0 radical (unpaired) electrons. The molecule has 16 heavy (non-hydrogen) atoms. The Morgan fingerprint density at radius 1 is 1.25 bits per heavy atom. The number of piperidine rings is 1. The molecule has 86 valence electrons. The smallest absolute Gasteiger partial charge is 0.422 e. The van der Waals surface area contributed by atoms with Crippen LogP contribution in [0, 0.1) is 5.92 Å². The predicted molar refractivity (Wildman–Crippen MR) is 62.5 cm³/mol. The minimum absolute atomic E-state index is 0.189. The second-order valence-corrected chi connectivity index (χ2v) is 4.34. The molecule has 1 aliphatic rings. The Balaban J connectivity index is 2.04. The molecule has 0 saturated carbocycles. The van der Waals surface area contributed by atoms with Gasteiger partial charge in [0.15, 0.2) is 0 Å². The van der Waals surface area contributed by atoms with E-state index in [1.54, 1.807) is 6.20 Å². The second kappa shape index (κ2) is 4.80. The number of aromatic nitrogens is 2. The Morgan fingerprint density at radius 3 is 2.44 bits per heavy atom. The largest absolute Gasteiger partial charge is 0.509 e. The van der Waals surface area contributed by atoms with Crippen LogP contribution in [-0.2, 0) is 0 Å². The third-order valence-electron chi connectivity index (χ3n) is 3.03. The van der Waals surface area contributed by atoms with Crippen molar-refractivity contribution in [3.05, 3.63) is 12.4 Å². The van der Waals surface area contributed by atoms with Crippen molar-refractivity contribution in [1.29, 1.82) is 0 Å². The van der Waals surface area contributed by atoms with Crippen LogP contribution in [-0.4, -0.2) is 40.2 Å². The van der Waals surface area contributed by atoms with Gasteiger partial charge in [-0.05, 0) is 18.8 Å². The summed E-state index contributed by atoms with van der Waals surface area (Å²) in [4.78, 5) is 10.3. The molecule has 1 aromatic rings. The van der Waals surface area contributed by atoms with E-state index in [9.17, 15) is 0 Å². The molecule has 5 nitrogen and oxygen atoms in total. The first-order valence-electron chi connectivity index (χ1n) is 5.60. The van der Waals surface area contributed by atoms with Gasteiger partial charge >= 0.3 is 7.12 Å². The lowest BCUT2D eigenvalue weighted by molar-refractivity contribution is 0.423. The summed E-state index contributed by atoms with van der Waals surface area (Å²) in [5.41, 5.74) is 0.189. The zero-order valence-electron chi connectivity index (χ0n) is 9.37. The third-order valence-corrected chi connectivity index (χ3v) is 3.03. The monoisotopic (exact) mass is 221 g/mol. The average molecular weight is 221 g/mol. The molecular formula is C10H16BN3O2. The van der Waals surface area contributed by atoms with Crippen LogP contribution >= 0.6 is 0 Å². The van der Waals surface area contributed by atoms with Crippen molar-refractivity contribution in [1.82, 2.24) is 9.97 Å². The highest BCUT2D eigenvalue weighted by atomic mass is 16.4. The van der Waals surface area contributed by atoms with E-state index in [1.165, 1.54) is 19.0 Å². The van der Waals surface area contributed by atoms with E-state index < -0.39 is 7.12 Å². The Hall–Kier alpha value is -1.14. The Labute approximate surface area is 95.3 Å². The summed E-state index contributed by atoms with van der Waals surface area (Å²) in [7, 11) is -1.54. The topological polar surface area (TPSA) is 69.5 Å². The summed E-state index contributed by atoms with van der Waals surface area (Å²) >= 11 is 0. The van der Waals surface area contributed by atoms with E-state index in [0.29, 0.717) is 0 Å². The van der Waals surface area contributed by atoms with E-state index in [4.69, 9.17) is 10.0 Å². The minimum atomic E-state index is -1.54. The number of hydrogen-bond acceptors (Lipinski definition) is 5. The van der Waals surface area contributed by atoms with Crippen molar-refractivity contribution in [2.45, 2.75) is 19.8 Å². The second-order valence-electron chi connectivity index (χ2n) is 4.34. The highest BCUT2D eigenvalue weighted by Gasteiger charge is 2.18. The zero-order valence-corrected chi connectivity index (χ0v) is 9.37. The summed E-state index contributed by atoms with van der Waals surface area (Å²) in [6.07, 6.45) is 5.36. The molecule has 1 aromatic heterocycles. The van der Waals surface area contributed by atoms with Crippen molar-refractivity contribution in [2.75, 3.05) is 18.0 Å². The Bertz CT molecular complexity index is 336. The fraction of sp³-hybridized carbons (Fsp3) is 0.600. The number of anilines is 1. The molecule has 2 N–H and O–H groups in total. The van der Waals surface area contributed by atoms with Crippen molar-refractivity contribution in [2.24, 2.45) is 5.92 Å². The lowest BCUT2D eigenvalue weighted by Crippen LogP contribution is -2.36. The first-order valence-corrected chi connectivity index (χ1v) is 5.60. The molecule has 1 aliphatic heterocycles. The molecule has 2 rings (SSSR count). The summed E-state index contributed by atoms with van der Waals surface area (Å²) in [6, 6.07) is 0. The van der Waals surface area contributed by atoms with E-state index in [1.807, 2.05) is 0 Å².